The van der Waals surface area contributed by atoms with Gasteiger partial charge in [0.2, 0.25) is 0 Å². The highest BCUT2D eigenvalue weighted by atomic mass is 13.9. The molecule has 0 fully saturated rings. The summed E-state index contributed by atoms with van der Waals surface area (Å²) in [4.78, 5) is 0. The van der Waals surface area contributed by atoms with Gasteiger partial charge in [0.1, 0.15) is 0 Å². The number of hydrogen-bond donors (Lipinski definition) is 0. The van der Waals surface area contributed by atoms with Gasteiger partial charge in [-0.05, 0) is 30.1 Å². The van der Waals surface area contributed by atoms with E-state index in [1.54, 1.807) is 0 Å². The lowest BCUT2D eigenvalue weighted by atomic mass is 10.1. The molecule has 0 unspecified atom stereocenters. The highest BCUT2D eigenvalue weighted by Gasteiger charge is 1.86. The maximum absolute atomic E-state index is 3.60. The highest BCUT2D eigenvalue weighted by Crippen LogP contribution is 2.01. The van der Waals surface area contributed by atoms with Crippen LogP contribution in [0.5, 0.6) is 0 Å². The van der Waals surface area contributed by atoms with E-state index in [0.717, 1.165) is 30.1 Å². The van der Waals surface area contributed by atoms with Crippen molar-refractivity contribution in [3.63, 3.8) is 0 Å². The molecular weight excluding hydrogens is 324 g/mol. The van der Waals surface area contributed by atoms with Crippen LogP contribution >= 0.6 is 0 Å². The third-order valence-electron chi connectivity index (χ3n) is 3.24. The minimum atomic E-state index is 0. The molecule has 0 rings (SSSR count). The van der Waals surface area contributed by atoms with Crippen molar-refractivity contribution in [3.8, 4) is 0 Å². The molecular formula is C27H66. The Morgan fingerprint density at radius 1 is 0.519 bits per heavy atom. The summed E-state index contributed by atoms with van der Waals surface area (Å²) < 4.78 is 0. The molecule has 174 valence electrons. The molecule has 0 aromatic heterocycles. The van der Waals surface area contributed by atoms with Crippen molar-refractivity contribution in [2.24, 2.45) is 23.7 Å². The van der Waals surface area contributed by atoms with E-state index in [2.05, 4.69) is 82.7 Å². The van der Waals surface area contributed by atoms with Crippen molar-refractivity contribution in [1.82, 2.24) is 0 Å². The Morgan fingerprint density at radius 2 is 0.741 bits per heavy atom. The van der Waals surface area contributed by atoms with E-state index in [1.807, 2.05) is 6.08 Å². The van der Waals surface area contributed by atoms with E-state index >= 15 is 0 Å². The molecule has 0 heterocycles. The fourth-order valence-corrected chi connectivity index (χ4v) is 2.07. The van der Waals surface area contributed by atoms with Gasteiger partial charge in [-0.3, -0.25) is 0 Å². The van der Waals surface area contributed by atoms with Gasteiger partial charge in [0.25, 0.3) is 0 Å². The van der Waals surface area contributed by atoms with Crippen LogP contribution in [-0.2, 0) is 0 Å². The molecule has 0 nitrogen and oxygen atoms in total. The molecule has 0 radical (unpaired) electrons. The zero-order valence-corrected chi connectivity index (χ0v) is 19.5. The van der Waals surface area contributed by atoms with Gasteiger partial charge in [-0.1, -0.05) is 143 Å². The van der Waals surface area contributed by atoms with E-state index in [1.165, 1.54) is 38.5 Å². The third kappa shape index (κ3) is 105. The summed E-state index contributed by atoms with van der Waals surface area (Å²) in [6.45, 7) is 28.2. The number of hydrogen-bond acceptors (Lipinski definition) is 0. The highest BCUT2D eigenvalue weighted by molar-refractivity contribution is 4.67. The van der Waals surface area contributed by atoms with Crippen LogP contribution in [0.15, 0.2) is 12.7 Å². The largest absolute Gasteiger partial charge is 0.103 e. The predicted octanol–water partition coefficient (Wildman–Crippen LogP) is 11.5. The lowest BCUT2D eigenvalue weighted by Gasteiger charge is -1.95. The van der Waals surface area contributed by atoms with Crippen molar-refractivity contribution in [1.29, 1.82) is 0 Å². The first-order valence-electron chi connectivity index (χ1n) is 10.7. The van der Waals surface area contributed by atoms with Crippen molar-refractivity contribution in [2.75, 3.05) is 0 Å². The van der Waals surface area contributed by atoms with E-state index in [0.29, 0.717) is 0 Å². The Bertz CT molecular complexity index is 162. The third-order valence-corrected chi connectivity index (χ3v) is 3.24. The molecule has 0 aromatic carbocycles. The van der Waals surface area contributed by atoms with E-state index < -0.39 is 0 Å². The van der Waals surface area contributed by atoms with Gasteiger partial charge >= 0.3 is 0 Å². The van der Waals surface area contributed by atoms with Gasteiger partial charge in [0, 0.05) is 0 Å². The summed E-state index contributed by atoms with van der Waals surface area (Å²) in [5.74, 6) is 3.47. The van der Waals surface area contributed by atoms with Crippen LogP contribution < -0.4 is 0 Å². The van der Waals surface area contributed by atoms with Crippen molar-refractivity contribution in [2.45, 2.75) is 143 Å². The van der Waals surface area contributed by atoms with E-state index in [-0.39, 0.29) is 22.3 Å². The summed E-state index contributed by atoms with van der Waals surface area (Å²) in [5, 5.41) is 0. The molecule has 0 heteroatoms. The normalized spacial score (nSPS) is 8.70. The van der Waals surface area contributed by atoms with Crippen LogP contribution in [0.1, 0.15) is 143 Å². The zero-order valence-electron chi connectivity index (χ0n) is 19.5. The average Bonchev–Trinajstić information content (AvgIpc) is 2.39. The summed E-state index contributed by atoms with van der Waals surface area (Å²) in [6, 6.07) is 0. The molecule has 0 aliphatic heterocycles. The summed E-state index contributed by atoms with van der Waals surface area (Å²) in [5.41, 5.74) is 0. The Kier molecular flexibility index (Phi) is 68.1. The van der Waals surface area contributed by atoms with Crippen LogP contribution in [0.25, 0.3) is 0 Å². The summed E-state index contributed by atoms with van der Waals surface area (Å²) in [7, 11) is 0. The van der Waals surface area contributed by atoms with E-state index in [9.17, 15) is 0 Å². The van der Waals surface area contributed by atoms with Gasteiger partial charge < -0.3 is 0 Å². The van der Waals surface area contributed by atoms with Gasteiger partial charge in [-0.25, -0.2) is 0 Å². The second-order valence-electron chi connectivity index (χ2n) is 8.47. The Hall–Kier alpha value is -0.260. The van der Waals surface area contributed by atoms with E-state index in [4.69, 9.17) is 0 Å². The lowest BCUT2D eigenvalue weighted by molar-refractivity contribution is 0.576. The fourth-order valence-electron chi connectivity index (χ4n) is 2.07. The van der Waals surface area contributed by atoms with Crippen LogP contribution in [0.2, 0.25) is 0 Å². The molecule has 0 aliphatic carbocycles. The summed E-state index contributed by atoms with van der Waals surface area (Å²) >= 11 is 0. The molecule has 27 heavy (non-hydrogen) atoms. The molecule has 0 saturated carbocycles. The number of allylic oxidation sites excluding steroid dienone is 1. The average molecular weight is 391 g/mol. The molecule has 0 bridgehead atoms. The molecule has 0 N–H and O–H groups in total. The minimum Gasteiger partial charge on any atom is -0.103 e. The minimum absolute atomic E-state index is 0. The first-order valence-corrected chi connectivity index (χ1v) is 10.7. The van der Waals surface area contributed by atoms with Crippen LogP contribution in [-0.4, -0.2) is 0 Å². The maximum Gasteiger partial charge on any atom is -0.0330 e. The van der Waals surface area contributed by atoms with Gasteiger partial charge in [0.05, 0.1) is 0 Å². The van der Waals surface area contributed by atoms with Crippen LogP contribution in [0.4, 0.5) is 0 Å². The van der Waals surface area contributed by atoms with Crippen molar-refractivity contribution >= 4 is 0 Å². The molecule has 0 amide bonds. The SMILES string of the molecule is C.C.C.C=CCC(C)C.CCCC(C)C.CCCC(C)C.CCCC(C)C. The van der Waals surface area contributed by atoms with Gasteiger partial charge in [0.15, 0.2) is 0 Å². The van der Waals surface area contributed by atoms with Gasteiger partial charge in [-0.15, -0.1) is 6.58 Å². The smallest absolute Gasteiger partial charge is 0.0330 e. The van der Waals surface area contributed by atoms with Crippen molar-refractivity contribution < 1.29 is 0 Å². The quantitative estimate of drug-likeness (QED) is 0.361. The maximum atomic E-state index is 3.60. The molecule has 0 saturated heterocycles. The Balaban J connectivity index is -0.0000000381. The molecule has 0 aliphatic rings. The van der Waals surface area contributed by atoms with Crippen LogP contribution in [0, 0.1) is 23.7 Å². The Morgan fingerprint density at radius 3 is 0.741 bits per heavy atom. The van der Waals surface area contributed by atoms with Crippen molar-refractivity contribution in [3.05, 3.63) is 12.7 Å². The first-order chi connectivity index (χ1) is 11.1. The zero-order chi connectivity index (χ0) is 20.0. The summed E-state index contributed by atoms with van der Waals surface area (Å²) in [6.07, 6.45) is 11.2. The fraction of sp³-hybridized carbons (Fsp3) is 0.926. The van der Waals surface area contributed by atoms with Gasteiger partial charge in [-0.2, -0.15) is 0 Å². The predicted molar refractivity (Wildman–Crippen MR) is 139 cm³/mol. The Labute approximate surface area is 180 Å². The van der Waals surface area contributed by atoms with Crippen LogP contribution in [0.3, 0.4) is 0 Å². The lowest BCUT2D eigenvalue weighted by Crippen LogP contribution is -1.81. The second kappa shape index (κ2) is 40.4. The molecule has 0 atom stereocenters. The topological polar surface area (TPSA) is 0 Å². The molecule has 0 aromatic rings. The second-order valence-corrected chi connectivity index (χ2v) is 8.47. The standard InChI is InChI=1S/3C6H14.C6H12.3CH4/c4*1-4-5-6(2)3;;;/h3*6H,4-5H2,1-3H3;4,6H,1,5H2,2-3H3;3*1H4. The monoisotopic (exact) mass is 391 g/mol. The molecule has 0 spiro atoms. The number of rotatable bonds is 8. The first kappa shape index (κ1) is 45.5.